The highest BCUT2D eigenvalue weighted by atomic mass is 32.2. The highest BCUT2D eigenvalue weighted by Gasteiger charge is 2.25. The minimum atomic E-state index is -0.301. The van der Waals surface area contributed by atoms with E-state index in [2.05, 4.69) is 15.1 Å². The van der Waals surface area contributed by atoms with Gasteiger partial charge in [-0.05, 0) is 50.1 Å². The first kappa shape index (κ1) is 28.3. The van der Waals surface area contributed by atoms with Crippen molar-refractivity contribution in [3.05, 3.63) is 113 Å². The third-order valence-electron chi connectivity index (χ3n) is 6.36. The SMILES string of the molecule is CCOC(=O)c1cc(C)c2c(c1)N=[N+](c1ccccc1)CS2.[C-]#[N+]c1cc(C)c2c(c1)N=[N+](c1ccccc1)CS2. The number of thioether (sulfide) groups is 2. The van der Waals surface area contributed by atoms with Gasteiger partial charge in [0.15, 0.2) is 5.69 Å². The molecule has 41 heavy (non-hydrogen) atoms. The summed E-state index contributed by atoms with van der Waals surface area (Å²) in [6.45, 7) is 13.4. The van der Waals surface area contributed by atoms with Crippen LogP contribution >= 0.6 is 23.5 Å². The summed E-state index contributed by atoms with van der Waals surface area (Å²) in [6, 6.07) is 27.6. The van der Waals surface area contributed by atoms with Crippen molar-refractivity contribution in [1.82, 2.24) is 0 Å². The van der Waals surface area contributed by atoms with Gasteiger partial charge in [0.1, 0.15) is 11.4 Å². The topological polar surface area (TPSA) is 61.4 Å². The van der Waals surface area contributed by atoms with Gasteiger partial charge in [-0.2, -0.15) is 0 Å². The zero-order valence-electron chi connectivity index (χ0n) is 23.1. The highest BCUT2D eigenvalue weighted by molar-refractivity contribution is 7.99. The summed E-state index contributed by atoms with van der Waals surface area (Å²) in [4.78, 5) is 17.8. The highest BCUT2D eigenvalue weighted by Crippen LogP contribution is 2.41. The predicted octanol–water partition coefficient (Wildman–Crippen LogP) is 9.70. The number of carbonyl (C=O) groups is 1. The van der Waals surface area contributed by atoms with Crippen LogP contribution in [0, 0.1) is 20.4 Å². The van der Waals surface area contributed by atoms with E-state index < -0.39 is 0 Å². The molecule has 4 aromatic carbocycles. The second kappa shape index (κ2) is 12.9. The first-order valence-corrected chi connectivity index (χ1v) is 15.1. The van der Waals surface area contributed by atoms with Gasteiger partial charge >= 0.3 is 5.97 Å². The van der Waals surface area contributed by atoms with Gasteiger partial charge in [-0.1, -0.05) is 75.4 Å². The second-order valence-electron chi connectivity index (χ2n) is 9.30. The van der Waals surface area contributed by atoms with Crippen LogP contribution < -0.4 is 0 Å². The largest absolute Gasteiger partial charge is 0.462 e. The van der Waals surface area contributed by atoms with Gasteiger partial charge in [0.2, 0.25) is 23.1 Å². The molecule has 9 heteroatoms. The molecule has 2 aliphatic heterocycles. The Bertz CT molecular complexity index is 1700. The Morgan fingerprint density at radius 3 is 1.85 bits per heavy atom. The van der Waals surface area contributed by atoms with Gasteiger partial charge < -0.3 is 4.74 Å². The molecule has 0 saturated carbocycles. The van der Waals surface area contributed by atoms with Gasteiger partial charge in [0.05, 0.1) is 18.7 Å². The number of nitrogens with zero attached hydrogens (tertiary/aromatic N) is 5. The van der Waals surface area contributed by atoms with Gasteiger partial charge in [-0.25, -0.2) is 9.64 Å². The van der Waals surface area contributed by atoms with E-state index in [1.165, 1.54) is 4.90 Å². The normalized spacial score (nSPS) is 13.3. The molecule has 4 aromatic rings. The lowest BCUT2D eigenvalue weighted by molar-refractivity contribution is -0.488. The summed E-state index contributed by atoms with van der Waals surface area (Å²) < 4.78 is 9.00. The van der Waals surface area contributed by atoms with E-state index in [4.69, 9.17) is 11.3 Å². The van der Waals surface area contributed by atoms with Crippen molar-refractivity contribution in [3.63, 3.8) is 0 Å². The number of fused-ring (bicyclic) bond motifs is 2. The van der Waals surface area contributed by atoms with E-state index >= 15 is 0 Å². The van der Waals surface area contributed by atoms with E-state index in [9.17, 15) is 4.79 Å². The fraction of sp³-hybridized carbons (Fsp3) is 0.188. The number of carbonyl (C=O) groups excluding carboxylic acids is 1. The monoisotopic (exact) mass is 579 g/mol. The summed E-state index contributed by atoms with van der Waals surface area (Å²) in [5.74, 6) is 1.26. The minimum absolute atomic E-state index is 0.301. The average molecular weight is 580 g/mol. The summed E-state index contributed by atoms with van der Waals surface area (Å²) in [5.41, 5.74) is 7.22. The quantitative estimate of drug-likeness (QED) is 0.137. The summed E-state index contributed by atoms with van der Waals surface area (Å²) >= 11 is 3.50. The third kappa shape index (κ3) is 6.56. The number of rotatable bonds is 4. The molecule has 0 spiro atoms. The van der Waals surface area contributed by atoms with Crippen LogP contribution in [-0.4, -0.2) is 33.7 Å². The average Bonchev–Trinajstić information content (AvgIpc) is 3.01. The molecule has 2 aliphatic rings. The molecule has 0 fully saturated rings. The van der Waals surface area contributed by atoms with Crippen LogP contribution in [0.2, 0.25) is 0 Å². The smallest absolute Gasteiger partial charge is 0.338 e. The van der Waals surface area contributed by atoms with Crippen molar-refractivity contribution < 1.29 is 18.9 Å². The van der Waals surface area contributed by atoms with Crippen LogP contribution in [0.15, 0.2) is 105 Å². The Kier molecular flexibility index (Phi) is 8.92. The van der Waals surface area contributed by atoms with Crippen molar-refractivity contribution in [3.8, 4) is 0 Å². The molecule has 0 aromatic heterocycles. The number of azo groups is 4. The standard InChI is InChI=1S/C17H17N2O2S.C15H12N3S/c1-3-21-17(20)13-9-12(2)16-15(10-13)18-19(11-22-16)14-7-5-4-6-8-14;1-11-8-12(16-2)9-14-15(11)19-10-18(17-14)13-6-4-3-5-7-13/h4-10H,3,11H2,1-2H3;3-9H,10H2,1H3/q2*+1. The molecule has 0 saturated heterocycles. The molecule has 0 aliphatic carbocycles. The molecule has 0 atom stereocenters. The van der Waals surface area contributed by atoms with Crippen molar-refractivity contribution in [2.24, 2.45) is 10.2 Å². The van der Waals surface area contributed by atoms with E-state index in [0.717, 1.165) is 50.5 Å². The van der Waals surface area contributed by atoms with Crippen LogP contribution in [-0.2, 0) is 4.74 Å². The van der Waals surface area contributed by atoms with E-state index in [1.807, 2.05) is 108 Å². The Hall–Kier alpha value is -4.26. The molecule has 2 heterocycles. The van der Waals surface area contributed by atoms with Crippen LogP contribution in [0.25, 0.3) is 4.85 Å². The van der Waals surface area contributed by atoms with Crippen LogP contribution in [0.5, 0.6) is 0 Å². The predicted molar refractivity (Wildman–Crippen MR) is 163 cm³/mol. The zero-order valence-corrected chi connectivity index (χ0v) is 24.7. The molecule has 0 bridgehead atoms. The molecule has 6 rings (SSSR count). The molecular weight excluding hydrogens is 551 g/mol. The van der Waals surface area contributed by atoms with Crippen molar-refractivity contribution in [2.45, 2.75) is 30.6 Å². The number of hydrogen-bond donors (Lipinski definition) is 0. The Labute approximate surface area is 248 Å². The molecule has 204 valence electrons. The maximum absolute atomic E-state index is 11.9. The zero-order chi connectivity index (χ0) is 28.8. The fourth-order valence-electron chi connectivity index (χ4n) is 4.45. The molecular formula is C32H29N5O2S2+2. The lowest BCUT2D eigenvalue weighted by Crippen LogP contribution is -2.09. The molecule has 0 unspecified atom stereocenters. The summed E-state index contributed by atoms with van der Waals surface area (Å²) in [6.07, 6.45) is 0. The molecule has 0 radical (unpaired) electrons. The van der Waals surface area contributed by atoms with E-state index in [1.54, 1.807) is 30.4 Å². The molecule has 7 nitrogen and oxygen atoms in total. The number of ether oxygens (including phenoxy) is 1. The number of hydrogen-bond acceptors (Lipinski definition) is 6. The van der Waals surface area contributed by atoms with Crippen LogP contribution in [0.3, 0.4) is 0 Å². The lowest BCUT2D eigenvalue weighted by Gasteiger charge is -2.13. The summed E-state index contributed by atoms with van der Waals surface area (Å²) in [7, 11) is 0. The fourth-order valence-corrected chi connectivity index (χ4v) is 6.43. The number of para-hydroxylation sites is 2. The van der Waals surface area contributed by atoms with Gasteiger partial charge in [0.25, 0.3) is 0 Å². The van der Waals surface area contributed by atoms with E-state index in [0.29, 0.717) is 17.9 Å². The second-order valence-corrected chi connectivity index (χ2v) is 11.2. The van der Waals surface area contributed by atoms with Crippen molar-refractivity contribution >= 4 is 57.9 Å². The maximum atomic E-state index is 11.9. The van der Waals surface area contributed by atoms with Crippen molar-refractivity contribution in [2.75, 3.05) is 18.4 Å². The Morgan fingerprint density at radius 2 is 1.34 bits per heavy atom. The maximum Gasteiger partial charge on any atom is 0.338 e. The number of esters is 1. The van der Waals surface area contributed by atoms with Crippen LogP contribution in [0.1, 0.15) is 28.4 Å². The van der Waals surface area contributed by atoms with Gasteiger partial charge in [-0.15, -0.1) is 0 Å². The molecule has 0 amide bonds. The number of benzene rings is 4. The van der Waals surface area contributed by atoms with Crippen LogP contribution in [0.4, 0.5) is 28.4 Å². The first-order valence-electron chi connectivity index (χ1n) is 13.1. The number of aryl methyl sites for hydroxylation is 2. The Morgan fingerprint density at radius 1 is 0.829 bits per heavy atom. The van der Waals surface area contributed by atoms with E-state index in [-0.39, 0.29) is 5.97 Å². The summed E-state index contributed by atoms with van der Waals surface area (Å²) in [5, 5.41) is 9.34. The molecule has 0 N–H and O–H groups in total. The van der Waals surface area contributed by atoms with Gasteiger partial charge in [-0.3, -0.25) is 0 Å². The minimum Gasteiger partial charge on any atom is -0.462 e. The first-order chi connectivity index (χ1) is 20.0. The lowest BCUT2D eigenvalue weighted by atomic mass is 10.1. The third-order valence-corrected chi connectivity index (χ3v) is 8.75. The van der Waals surface area contributed by atoms with Crippen molar-refractivity contribution in [1.29, 1.82) is 0 Å². The Balaban J connectivity index is 0.000000166. The van der Waals surface area contributed by atoms with Gasteiger partial charge in [0, 0.05) is 44.3 Å².